The van der Waals surface area contributed by atoms with Crippen molar-refractivity contribution in [1.82, 2.24) is 0 Å². The Morgan fingerprint density at radius 3 is 2.12 bits per heavy atom. The molecule has 0 bridgehead atoms. The van der Waals surface area contributed by atoms with Crippen molar-refractivity contribution in [2.24, 2.45) is 0 Å². The monoisotopic (exact) mass is 228 g/mol. The number of carbonyl (C=O) groups excluding carboxylic acids is 1. The molecule has 1 atom stereocenters. The zero-order valence-electron chi connectivity index (χ0n) is 11.3. The first kappa shape index (κ1) is 15.5. The highest BCUT2D eigenvalue weighted by Crippen LogP contribution is 2.14. The first-order valence-corrected chi connectivity index (χ1v) is 6.87. The van der Waals surface area contributed by atoms with Gasteiger partial charge in [0, 0.05) is 6.92 Å². The molecule has 1 unspecified atom stereocenters. The lowest BCUT2D eigenvalue weighted by atomic mass is 10.0. The molecule has 0 N–H and O–H groups in total. The number of hydrogen-bond acceptors (Lipinski definition) is 2. The lowest BCUT2D eigenvalue weighted by Gasteiger charge is -2.15. The van der Waals surface area contributed by atoms with Gasteiger partial charge < -0.3 is 4.74 Å². The summed E-state index contributed by atoms with van der Waals surface area (Å²) in [6.07, 6.45) is 11.1. The van der Waals surface area contributed by atoms with Crippen molar-refractivity contribution in [3.8, 4) is 0 Å². The van der Waals surface area contributed by atoms with Crippen LogP contribution in [-0.2, 0) is 9.53 Å². The Morgan fingerprint density at radius 1 is 0.938 bits per heavy atom. The maximum Gasteiger partial charge on any atom is 0.302 e. The Morgan fingerprint density at radius 2 is 1.56 bits per heavy atom. The fraction of sp³-hybridized carbons (Fsp3) is 0.929. The highest BCUT2D eigenvalue weighted by Gasteiger charge is 2.09. The van der Waals surface area contributed by atoms with Gasteiger partial charge in [-0.05, 0) is 19.3 Å². The van der Waals surface area contributed by atoms with Crippen LogP contribution in [0.4, 0.5) is 0 Å². The van der Waals surface area contributed by atoms with Crippen LogP contribution in [0, 0.1) is 0 Å². The van der Waals surface area contributed by atoms with Crippen molar-refractivity contribution < 1.29 is 9.53 Å². The van der Waals surface area contributed by atoms with Crippen molar-refractivity contribution in [3.63, 3.8) is 0 Å². The minimum Gasteiger partial charge on any atom is -0.463 e. The minimum absolute atomic E-state index is 0.135. The summed E-state index contributed by atoms with van der Waals surface area (Å²) in [5.41, 5.74) is 0. The van der Waals surface area contributed by atoms with Crippen LogP contribution in [0.15, 0.2) is 0 Å². The molecule has 0 aromatic carbocycles. The van der Waals surface area contributed by atoms with Gasteiger partial charge in [-0.3, -0.25) is 4.79 Å². The number of unbranched alkanes of at least 4 members (excludes halogenated alkanes) is 5. The van der Waals surface area contributed by atoms with E-state index in [0.717, 1.165) is 19.3 Å². The van der Waals surface area contributed by atoms with Crippen LogP contribution >= 0.6 is 0 Å². The molecule has 0 aromatic heterocycles. The van der Waals surface area contributed by atoms with Gasteiger partial charge in [0.25, 0.3) is 0 Å². The molecule has 0 rings (SSSR count). The van der Waals surface area contributed by atoms with Gasteiger partial charge in [-0.15, -0.1) is 0 Å². The van der Waals surface area contributed by atoms with E-state index in [1.807, 2.05) is 0 Å². The molecule has 0 saturated carbocycles. The lowest BCUT2D eigenvalue weighted by Crippen LogP contribution is -2.15. The minimum atomic E-state index is -0.135. The molecule has 0 aromatic rings. The van der Waals surface area contributed by atoms with E-state index in [9.17, 15) is 4.79 Å². The average molecular weight is 228 g/mol. The van der Waals surface area contributed by atoms with Gasteiger partial charge in [0.2, 0.25) is 0 Å². The summed E-state index contributed by atoms with van der Waals surface area (Å²) in [6, 6.07) is 0. The molecular formula is C14H28O2. The van der Waals surface area contributed by atoms with E-state index in [1.54, 1.807) is 0 Å². The summed E-state index contributed by atoms with van der Waals surface area (Å²) in [5.74, 6) is -0.135. The third-order valence-electron chi connectivity index (χ3n) is 2.82. The van der Waals surface area contributed by atoms with E-state index >= 15 is 0 Å². The molecule has 0 aliphatic heterocycles. The van der Waals surface area contributed by atoms with Gasteiger partial charge in [-0.2, -0.15) is 0 Å². The van der Waals surface area contributed by atoms with E-state index in [-0.39, 0.29) is 12.1 Å². The van der Waals surface area contributed by atoms with Gasteiger partial charge >= 0.3 is 5.97 Å². The van der Waals surface area contributed by atoms with Crippen LogP contribution in [0.3, 0.4) is 0 Å². The zero-order valence-corrected chi connectivity index (χ0v) is 11.3. The Hall–Kier alpha value is -0.530. The fourth-order valence-corrected chi connectivity index (χ4v) is 1.97. The predicted molar refractivity (Wildman–Crippen MR) is 68.5 cm³/mol. The third kappa shape index (κ3) is 10.0. The Bertz CT molecular complexity index is 166. The van der Waals surface area contributed by atoms with E-state index < -0.39 is 0 Å². The van der Waals surface area contributed by atoms with Crippen molar-refractivity contribution in [2.75, 3.05) is 0 Å². The third-order valence-corrected chi connectivity index (χ3v) is 2.82. The molecule has 16 heavy (non-hydrogen) atoms. The van der Waals surface area contributed by atoms with Crippen LogP contribution < -0.4 is 0 Å². The Labute approximate surface area is 101 Å². The normalized spacial score (nSPS) is 12.4. The topological polar surface area (TPSA) is 26.3 Å². The van der Waals surface area contributed by atoms with Crippen molar-refractivity contribution in [2.45, 2.75) is 84.7 Å². The Balaban J connectivity index is 3.47. The van der Waals surface area contributed by atoms with E-state index in [1.165, 1.54) is 45.4 Å². The predicted octanol–water partition coefficient (Wildman–Crippen LogP) is 4.47. The van der Waals surface area contributed by atoms with Gasteiger partial charge in [-0.1, -0.05) is 52.4 Å². The molecule has 2 nitrogen and oxygen atoms in total. The number of ether oxygens (including phenoxy) is 1. The van der Waals surface area contributed by atoms with Crippen LogP contribution in [-0.4, -0.2) is 12.1 Å². The highest BCUT2D eigenvalue weighted by molar-refractivity contribution is 5.66. The fourth-order valence-electron chi connectivity index (χ4n) is 1.97. The molecule has 0 heterocycles. The number of carbonyl (C=O) groups is 1. The zero-order chi connectivity index (χ0) is 12.2. The smallest absolute Gasteiger partial charge is 0.302 e. The van der Waals surface area contributed by atoms with Crippen LogP contribution in [0.25, 0.3) is 0 Å². The van der Waals surface area contributed by atoms with Crippen molar-refractivity contribution in [1.29, 1.82) is 0 Å². The second kappa shape index (κ2) is 11.0. The van der Waals surface area contributed by atoms with Gasteiger partial charge in [0.15, 0.2) is 0 Å². The van der Waals surface area contributed by atoms with E-state index in [0.29, 0.717) is 0 Å². The van der Waals surface area contributed by atoms with Crippen molar-refractivity contribution in [3.05, 3.63) is 0 Å². The summed E-state index contributed by atoms with van der Waals surface area (Å²) in [7, 11) is 0. The molecule has 0 saturated heterocycles. The van der Waals surface area contributed by atoms with Gasteiger partial charge in [-0.25, -0.2) is 0 Å². The summed E-state index contributed by atoms with van der Waals surface area (Å²) >= 11 is 0. The molecule has 0 spiro atoms. The van der Waals surface area contributed by atoms with E-state index in [4.69, 9.17) is 4.74 Å². The summed E-state index contributed by atoms with van der Waals surface area (Å²) in [6.45, 7) is 5.87. The number of esters is 1. The molecule has 0 aliphatic rings. The standard InChI is InChI=1S/C14H28O2/c1-4-6-7-8-9-10-12-14(11-5-2)16-13(3)15/h14H,4-12H2,1-3H3. The summed E-state index contributed by atoms with van der Waals surface area (Å²) in [5, 5.41) is 0. The van der Waals surface area contributed by atoms with Crippen LogP contribution in [0.2, 0.25) is 0 Å². The summed E-state index contributed by atoms with van der Waals surface area (Å²) < 4.78 is 5.28. The number of hydrogen-bond donors (Lipinski definition) is 0. The molecule has 96 valence electrons. The maximum atomic E-state index is 10.9. The summed E-state index contributed by atoms with van der Waals surface area (Å²) in [4.78, 5) is 10.9. The molecule has 0 amide bonds. The molecule has 0 fully saturated rings. The quantitative estimate of drug-likeness (QED) is 0.407. The molecule has 0 aliphatic carbocycles. The first-order chi connectivity index (χ1) is 7.70. The SMILES string of the molecule is CCCCCCCCC(CCC)OC(C)=O. The van der Waals surface area contributed by atoms with E-state index in [2.05, 4.69) is 13.8 Å². The van der Waals surface area contributed by atoms with Gasteiger partial charge in [0.05, 0.1) is 0 Å². The first-order valence-electron chi connectivity index (χ1n) is 6.87. The largest absolute Gasteiger partial charge is 0.463 e. The van der Waals surface area contributed by atoms with Crippen LogP contribution in [0.1, 0.15) is 78.6 Å². The second-order valence-corrected chi connectivity index (χ2v) is 4.58. The number of rotatable bonds is 10. The van der Waals surface area contributed by atoms with Crippen molar-refractivity contribution >= 4 is 5.97 Å². The average Bonchev–Trinajstić information content (AvgIpc) is 2.22. The highest BCUT2D eigenvalue weighted by atomic mass is 16.5. The molecule has 2 heteroatoms. The maximum absolute atomic E-state index is 10.9. The van der Waals surface area contributed by atoms with Crippen LogP contribution in [0.5, 0.6) is 0 Å². The molecular weight excluding hydrogens is 200 g/mol. The van der Waals surface area contributed by atoms with Gasteiger partial charge in [0.1, 0.15) is 6.10 Å². The molecule has 0 radical (unpaired) electrons. The Kier molecular flexibility index (Phi) is 10.6. The lowest BCUT2D eigenvalue weighted by molar-refractivity contribution is -0.147. The second-order valence-electron chi connectivity index (χ2n) is 4.58.